The number of rotatable bonds is 3. The number of hydrogen-bond donors (Lipinski definition) is 0. The van der Waals surface area contributed by atoms with E-state index in [-0.39, 0.29) is 23.3 Å². The highest BCUT2D eigenvalue weighted by Gasteiger charge is 2.36. The lowest BCUT2D eigenvalue weighted by atomic mass is 10.1. The molecule has 0 radical (unpaired) electrons. The molecular weight excluding hydrogens is 380 g/mol. The van der Waals surface area contributed by atoms with Gasteiger partial charge in [0.05, 0.1) is 17.4 Å². The van der Waals surface area contributed by atoms with E-state index in [0.717, 1.165) is 24.1 Å². The van der Waals surface area contributed by atoms with Gasteiger partial charge in [-0.3, -0.25) is 9.69 Å². The average Bonchev–Trinajstić information content (AvgIpc) is 2.87. The van der Waals surface area contributed by atoms with Crippen LogP contribution < -0.4 is 0 Å². The normalized spacial score (nSPS) is 24.7. The van der Waals surface area contributed by atoms with Gasteiger partial charge in [-0.1, -0.05) is 28.1 Å². The first-order valence-corrected chi connectivity index (χ1v) is 10.5. The summed E-state index contributed by atoms with van der Waals surface area (Å²) in [6.45, 7) is 3.90. The number of nitrogens with zero attached hydrogens (tertiary/aromatic N) is 2. The predicted octanol–water partition coefficient (Wildman–Crippen LogP) is 1.53. The molecule has 126 valence electrons. The Hall–Kier alpha value is -0.920. The molecule has 2 aliphatic rings. The fraction of sp³-hybridized carbons (Fsp3) is 0.562. The number of hydrogen-bond acceptors (Lipinski definition) is 4. The zero-order chi connectivity index (χ0) is 16.4. The molecule has 2 heterocycles. The fourth-order valence-corrected chi connectivity index (χ4v) is 5.45. The summed E-state index contributed by atoms with van der Waals surface area (Å²) in [6, 6.07) is 8.25. The monoisotopic (exact) mass is 400 g/mol. The largest absolute Gasteiger partial charge is 0.340 e. The van der Waals surface area contributed by atoms with E-state index < -0.39 is 9.84 Å². The summed E-state index contributed by atoms with van der Waals surface area (Å²) in [5.41, 5.74) is 1.25. The lowest BCUT2D eigenvalue weighted by Gasteiger charge is -2.35. The summed E-state index contributed by atoms with van der Waals surface area (Å²) in [5.74, 6) is -0.110. The van der Waals surface area contributed by atoms with Crippen molar-refractivity contribution in [2.45, 2.75) is 13.0 Å². The van der Waals surface area contributed by atoms with Crippen LogP contribution in [0.2, 0.25) is 0 Å². The highest BCUT2D eigenvalue weighted by atomic mass is 79.9. The zero-order valence-corrected chi connectivity index (χ0v) is 15.4. The highest BCUT2D eigenvalue weighted by Crippen LogP contribution is 2.22. The summed E-state index contributed by atoms with van der Waals surface area (Å²) in [6.07, 6.45) is 0.486. The maximum atomic E-state index is 12.4. The van der Waals surface area contributed by atoms with Crippen molar-refractivity contribution in [2.24, 2.45) is 5.92 Å². The SMILES string of the molecule is O=C(C1CCS(=O)(=O)C1)N1CCN(Cc2cccc(Br)c2)CC1. The molecule has 7 heteroatoms. The van der Waals surface area contributed by atoms with Crippen molar-refractivity contribution in [1.82, 2.24) is 9.80 Å². The number of carbonyl (C=O) groups is 1. The molecule has 1 amide bonds. The molecule has 3 rings (SSSR count). The van der Waals surface area contributed by atoms with Crippen LogP contribution in [0.1, 0.15) is 12.0 Å². The first-order valence-electron chi connectivity index (χ1n) is 7.89. The summed E-state index contributed by atoms with van der Waals surface area (Å²) >= 11 is 3.48. The topological polar surface area (TPSA) is 57.7 Å². The summed E-state index contributed by atoms with van der Waals surface area (Å²) in [7, 11) is -3.00. The molecule has 0 aliphatic carbocycles. The van der Waals surface area contributed by atoms with E-state index in [2.05, 4.69) is 33.0 Å². The number of carbonyl (C=O) groups excluding carboxylic acids is 1. The van der Waals surface area contributed by atoms with E-state index in [1.165, 1.54) is 5.56 Å². The zero-order valence-electron chi connectivity index (χ0n) is 12.9. The number of sulfone groups is 1. The lowest BCUT2D eigenvalue weighted by Crippen LogP contribution is -2.50. The van der Waals surface area contributed by atoms with Crippen LogP contribution in [0.5, 0.6) is 0 Å². The lowest BCUT2D eigenvalue weighted by molar-refractivity contribution is -0.136. The van der Waals surface area contributed by atoms with Gasteiger partial charge >= 0.3 is 0 Å². The minimum Gasteiger partial charge on any atom is -0.340 e. The van der Waals surface area contributed by atoms with Crippen LogP contribution in [-0.4, -0.2) is 61.8 Å². The van der Waals surface area contributed by atoms with Crippen molar-refractivity contribution < 1.29 is 13.2 Å². The van der Waals surface area contributed by atoms with Crippen molar-refractivity contribution in [1.29, 1.82) is 0 Å². The first kappa shape index (κ1) is 16.9. The number of amides is 1. The van der Waals surface area contributed by atoms with Gasteiger partial charge in [0, 0.05) is 37.2 Å². The number of benzene rings is 1. The Balaban J connectivity index is 1.51. The van der Waals surface area contributed by atoms with Crippen molar-refractivity contribution in [2.75, 3.05) is 37.7 Å². The van der Waals surface area contributed by atoms with Gasteiger partial charge in [0.25, 0.3) is 0 Å². The summed E-state index contributed by atoms with van der Waals surface area (Å²) in [4.78, 5) is 16.6. The van der Waals surface area contributed by atoms with E-state index in [0.29, 0.717) is 19.5 Å². The Morgan fingerprint density at radius 2 is 1.96 bits per heavy atom. The third kappa shape index (κ3) is 4.33. The second-order valence-corrected chi connectivity index (χ2v) is 9.48. The maximum Gasteiger partial charge on any atom is 0.226 e. The molecule has 1 unspecified atom stereocenters. The van der Waals surface area contributed by atoms with Gasteiger partial charge < -0.3 is 4.90 Å². The molecule has 23 heavy (non-hydrogen) atoms. The van der Waals surface area contributed by atoms with Crippen molar-refractivity contribution in [3.05, 3.63) is 34.3 Å². The van der Waals surface area contributed by atoms with Gasteiger partial charge in [0.2, 0.25) is 5.91 Å². The van der Waals surface area contributed by atoms with Crippen LogP contribution in [0.3, 0.4) is 0 Å². The van der Waals surface area contributed by atoms with E-state index in [9.17, 15) is 13.2 Å². The summed E-state index contributed by atoms with van der Waals surface area (Å²) < 4.78 is 24.1. The maximum absolute atomic E-state index is 12.4. The smallest absolute Gasteiger partial charge is 0.226 e. The van der Waals surface area contributed by atoms with Crippen LogP contribution in [0.15, 0.2) is 28.7 Å². The molecule has 0 spiro atoms. The molecule has 1 aromatic rings. The number of halogens is 1. The van der Waals surface area contributed by atoms with Crippen LogP contribution >= 0.6 is 15.9 Å². The third-order valence-electron chi connectivity index (χ3n) is 4.56. The molecule has 1 atom stereocenters. The number of piperazine rings is 1. The Bertz CT molecular complexity index is 684. The molecule has 0 saturated carbocycles. The van der Waals surface area contributed by atoms with Gasteiger partial charge in [-0.15, -0.1) is 0 Å². The van der Waals surface area contributed by atoms with Crippen LogP contribution in [0.4, 0.5) is 0 Å². The standard InChI is InChI=1S/C16H21BrN2O3S/c17-15-3-1-2-13(10-15)11-18-5-7-19(8-6-18)16(20)14-4-9-23(21,22)12-14/h1-3,10,14H,4-9,11-12H2. The average molecular weight is 401 g/mol. The molecule has 0 bridgehead atoms. The quantitative estimate of drug-likeness (QED) is 0.771. The van der Waals surface area contributed by atoms with Gasteiger partial charge in [-0.05, 0) is 24.1 Å². The molecule has 2 saturated heterocycles. The Kier molecular flexibility index (Phi) is 5.08. The molecule has 0 aromatic heterocycles. The van der Waals surface area contributed by atoms with E-state index >= 15 is 0 Å². The second kappa shape index (κ2) is 6.91. The minimum absolute atomic E-state index is 0.0215. The van der Waals surface area contributed by atoms with E-state index in [4.69, 9.17) is 0 Å². The minimum atomic E-state index is -3.00. The van der Waals surface area contributed by atoms with Gasteiger partial charge in [0.15, 0.2) is 9.84 Å². The predicted molar refractivity (Wildman–Crippen MR) is 92.8 cm³/mol. The van der Waals surface area contributed by atoms with Crippen molar-refractivity contribution in [3.63, 3.8) is 0 Å². The molecule has 5 nitrogen and oxygen atoms in total. The van der Waals surface area contributed by atoms with E-state index in [1.54, 1.807) is 0 Å². The van der Waals surface area contributed by atoms with Gasteiger partial charge in [-0.2, -0.15) is 0 Å². The van der Waals surface area contributed by atoms with Crippen molar-refractivity contribution >= 4 is 31.7 Å². The fourth-order valence-electron chi connectivity index (χ4n) is 3.27. The Morgan fingerprint density at radius 1 is 1.22 bits per heavy atom. The molecule has 1 aromatic carbocycles. The van der Waals surface area contributed by atoms with Crippen LogP contribution in [0.25, 0.3) is 0 Å². The van der Waals surface area contributed by atoms with Gasteiger partial charge in [-0.25, -0.2) is 8.42 Å². The Morgan fingerprint density at radius 3 is 2.57 bits per heavy atom. The molecular formula is C16H21BrN2O3S. The Labute approximate surface area is 145 Å². The van der Waals surface area contributed by atoms with Crippen LogP contribution in [-0.2, 0) is 21.2 Å². The second-order valence-electron chi connectivity index (χ2n) is 6.33. The van der Waals surface area contributed by atoms with Crippen LogP contribution in [0, 0.1) is 5.92 Å². The van der Waals surface area contributed by atoms with E-state index in [1.807, 2.05) is 17.0 Å². The summed E-state index contributed by atoms with van der Waals surface area (Å²) in [5, 5.41) is 0. The highest BCUT2D eigenvalue weighted by molar-refractivity contribution is 9.10. The molecule has 2 fully saturated rings. The molecule has 2 aliphatic heterocycles. The third-order valence-corrected chi connectivity index (χ3v) is 6.82. The first-order chi connectivity index (χ1) is 10.9. The molecule has 0 N–H and O–H groups in total. The van der Waals surface area contributed by atoms with Crippen molar-refractivity contribution in [3.8, 4) is 0 Å². The van der Waals surface area contributed by atoms with Gasteiger partial charge in [0.1, 0.15) is 0 Å².